The topological polar surface area (TPSA) is 218 Å². The Morgan fingerprint density at radius 1 is 0.556 bits per heavy atom. The number of anilines is 2. The van der Waals surface area contributed by atoms with Crippen LogP contribution in [0.1, 0.15) is 101 Å². The Kier molecular flexibility index (Phi) is 11.9. The van der Waals surface area contributed by atoms with Crippen molar-refractivity contribution in [2.75, 3.05) is 18.6 Å². The van der Waals surface area contributed by atoms with Gasteiger partial charge in [-0.05, 0) is 88.1 Å². The summed E-state index contributed by atoms with van der Waals surface area (Å²) >= 11 is 0. The van der Waals surface area contributed by atoms with Gasteiger partial charge in [0.05, 0.1) is 28.9 Å². The SMILES string of the molecule is CC(c1nc2cccc(F)c2c(=O)n1C1CCCC1)n1nc(-c2ccccc2)c2c(N)ncnc21.COc1ccc(-c2nn(C(C)c3nc4cccc(F)c4c(=O)n3C3CCCC3)c3ncnc(N)c23)cc1. The largest absolute Gasteiger partial charge is 0.497 e. The highest BCUT2D eigenvalue weighted by Gasteiger charge is 2.31. The Morgan fingerprint density at radius 3 is 1.42 bits per heavy atom. The second kappa shape index (κ2) is 18.7. The lowest BCUT2D eigenvalue weighted by atomic mass is 10.1. The standard InChI is InChI=1S/C27H26FN7O2.C26H24FN7O/c1-15(25-32-20-9-5-8-19(28)21(20)27(36)34(25)17-6-3-4-7-17)35-26-22(24(29)30-14-31-26)23(33-35)16-10-12-18(37-2)13-11-16;1-15(34-25-21(23(28)29-14-30-25)22(32-34)16-8-3-2-4-9-16)24-31-19-13-7-12-18(27)20(19)26(35)33(24)17-10-5-6-11-17/h5,8-15,17H,3-4,6-7H2,1-2H3,(H2,29,30,31);2-4,7-9,12-15,17H,5-6,10-11H2,1H3,(H2,28,29,30). The van der Waals surface area contributed by atoms with Gasteiger partial charge in [0.2, 0.25) is 0 Å². The van der Waals surface area contributed by atoms with Gasteiger partial charge in [0, 0.05) is 23.2 Å². The van der Waals surface area contributed by atoms with Gasteiger partial charge in [-0.3, -0.25) is 18.7 Å². The van der Waals surface area contributed by atoms with E-state index in [-0.39, 0.29) is 34.0 Å². The molecule has 12 rings (SSSR count). The maximum Gasteiger partial charge on any atom is 0.264 e. The molecule has 6 heterocycles. The highest BCUT2D eigenvalue weighted by atomic mass is 19.1. The Bertz CT molecular complexity index is 3810. The minimum absolute atomic E-state index is 0.0150. The fraction of sp³-hybridized carbons (Fsp3) is 0.283. The second-order valence-electron chi connectivity index (χ2n) is 18.4. The van der Waals surface area contributed by atoms with E-state index in [0.717, 1.165) is 68.2 Å². The molecule has 6 aromatic heterocycles. The molecule has 0 spiro atoms. The van der Waals surface area contributed by atoms with Crippen LogP contribution in [0, 0.1) is 11.6 Å². The van der Waals surface area contributed by atoms with Gasteiger partial charge in [-0.25, -0.2) is 48.0 Å². The van der Waals surface area contributed by atoms with Crippen molar-refractivity contribution in [1.82, 2.24) is 58.6 Å². The summed E-state index contributed by atoms with van der Waals surface area (Å²) < 4.78 is 41.6. The molecule has 0 bridgehead atoms. The number of methoxy groups -OCH3 is 1. The number of hydrogen-bond acceptors (Lipinski definition) is 13. The van der Waals surface area contributed by atoms with E-state index in [0.29, 0.717) is 67.8 Å². The molecule has 4 aromatic carbocycles. The monoisotopic (exact) mass is 968 g/mol. The zero-order valence-electron chi connectivity index (χ0n) is 39.8. The highest BCUT2D eigenvalue weighted by Crippen LogP contribution is 2.38. The third-order valence-electron chi connectivity index (χ3n) is 14.1. The summed E-state index contributed by atoms with van der Waals surface area (Å²) in [7, 11) is 1.61. The fourth-order valence-electron chi connectivity index (χ4n) is 10.6. The lowest BCUT2D eigenvalue weighted by Gasteiger charge is -2.23. The van der Waals surface area contributed by atoms with Crippen LogP contribution in [0.5, 0.6) is 5.75 Å². The van der Waals surface area contributed by atoms with Crippen molar-refractivity contribution in [2.24, 2.45) is 0 Å². The van der Waals surface area contributed by atoms with Crippen LogP contribution in [-0.4, -0.2) is 65.7 Å². The van der Waals surface area contributed by atoms with Gasteiger partial charge in [0.15, 0.2) is 11.3 Å². The van der Waals surface area contributed by atoms with E-state index in [1.165, 1.54) is 24.8 Å². The third-order valence-corrected chi connectivity index (χ3v) is 14.1. The normalized spacial score (nSPS) is 15.1. The molecule has 19 heteroatoms. The maximum atomic E-state index is 14.8. The van der Waals surface area contributed by atoms with E-state index in [4.69, 9.17) is 36.4 Å². The van der Waals surface area contributed by atoms with Crippen LogP contribution < -0.4 is 27.3 Å². The lowest BCUT2D eigenvalue weighted by molar-refractivity contribution is 0.415. The van der Waals surface area contributed by atoms with Crippen molar-refractivity contribution < 1.29 is 13.5 Å². The van der Waals surface area contributed by atoms with Gasteiger partial charge < -0.3 is 16.2 Å². The average molecular weight is 969 g/mol. The van der Waals surface area contributed by atoms with E-state index in [2.05, 4.69) is 19.9 Å². The van der Waals surface area contributed by atoms with Crippen LogP contribution in [0.3, 0.4) is 0 Å². The number of nitrogens with two attached hydrogens (primary N) is 2. The molecule has 2 unspecified atom stereocenters. The first-order valence-electron chi connectivity index (χ1n) is 24.1. The molecule has 0 amide bonds. The van der Waals surface area contributed by atoms with Gasteiger partial charge in [0.1, 0.15) is 87.6 Å². The summed E-state index contributed by atoms with van der Waals surface area (Å²) in [6.45, 7) is 3.85. The van der Waals surface area contributed by atoms with E-state index in [1.54, 1.807) is 49.9 Å². The van der Waals surface area contributed by atoms with Crippen LogP contribution in [0.2, 0.25) is 0 Å². The number of rotatable bonds is 9. The molecule has 17 nitrogen and oxygen atoms in total. The Morgan fingerprint density at radius 2 is 0.986 bits per heavy atom. The molecular weight excluding hydrogens is 919 g/mol. The first kappa shape index (κ1) is 45.9. The molecular formula is C53H50F2N14O3. The lowest BCUT2D eigenvalue weighted by Crippen LogP contribution is -2.31. The van der Waals surface area contributed by atoms with Gasteiger partial charge in [-0.2, -0.15) is 10.2 Å². The molecule has 2 atom stereocenters. The molecule has 364 valence electrons. The van der Waals surface area contributed by atoms with E-state index in [9.17, 15) is 18.4 Å². The maximum absolute atomic E-state index is 14.8. The van der Waals surface area contributed by atoms with E-state index < -0.39 is 23.7 Å². The van der Waals surface area contributed by atoms with Crippen molar-refractivity contribution in [3.63, 3.8) is 0 Å². The van der Waals surface area contributed by atoms with Gasteiger partial charge in [0.25, 0.3) is 11.1 Å². The zero-order valence-corrected chi connectivity index (χ0v) is 39.8. The number of nitrogens with zero attached hydrogens (tertiary/aromatic N) is 12. The van der Waals surface area contributed by atoms with E-state index >= 15 is 0 Å². The number of ether oxygens (including phenoxy) is 1. The van der Waals surface area contributed by atoms with Crippen molar-refractivity contribution in [2.45, 2.75) is 89.4 Å². The molecule has 0 saturated heterocycles. The van der Waals surface area contributed by atoms with Crippen molar-refractivity contribution >= 4 is 55.5 Å². The number of benzene rings is 4. The Balaban J connectivity index is 0.000000156. The van der Waals surface area contributed by atoms with Crippen LogP contribution in [0.25, 0.3) is 66.4 Å². The molecule has 2 aliphatic rings. The highest BCUT2D eigenvalue weighted by molar-refractivity contribution is 5.99. The molecule has 72 heavy (non-hydrogen) atoms. The summed E-state index contributed by atoms with van der Waals surface area (Å²) in [4.78, 5) is 54.4. The third kappa shape index (κ3) is 7.84. The molecule has 10 aromatic rings. The smallest absolute Gasteiger partial charge is 0.264 e. The van der Waals surface area contributed by atoms with E-state index in [1.807, 2.05) is 68.4 Å². The number of hydrogen-bond donors (Lipinski definition) is 2. The molecule has 0 aliphatic heterocycles. The quantitative estimate of drug-likeness (QED) is 0.138. The minimum Gasteiger partial charge on any atom is -0.497 e. The first-order chi connectivity index (χ1) is 35.0. The second-order valence-corrected chi connectivity index (χ2v) is 18.4. The predicted octanol–water partition coefficient (Wildman–Crippen LogP) is 9.31. The summed E-state index contributed by atoms with van der Waals surface area (Å²) in [6.07, 6.45) is 10.3. The van der Waals surface area contributed by atoms with Gasteiger partial charge >= 0.3 is 0 Å². The zero-order chi connectivity index (χ0) is 49.8. The van der Waals surface area contributed by atoms with Crippen molar-refractivity contribution in [3.8, 4) is 28.3 Å². The average Bonchev–Trinajstić information content (AvgIpc) is 4.25. The predicted molar refractivity (Wildman–Crippen MR) is 271 cm³/mol. The van der Waals surface area contributed by atoms with Crippen LogP contribution >= 0.6 is 0 Å². The van der Waals surface area contributed by atoms with Gasteiger partial charge in [-0.15, -0.1) is 0 Å². The molecule has 2 fully saturated rings. The van der Waals surface area contributed by atoms with Crippen molar-refractivity contribution in [1.29, 1.82) is 0 Å². The fourth-order valence-corrected chi connectivity index (χ4v) is 10.6. The summed E-state index contributed by atoms with van der Waals surface area (Å²) in [5.41, 5.74) is 16.6. The summed E-state index contributed by atoms with van der Waals surface area (Å²) in [5.74, 6) is 1.28. The number of nitrogen functional groups attached to an aromatic ring is 2. The van der Waals surface area contributed by atoms with Gasteiger partial charge in [-0.1, -0.05) is 68.1 Å². The Hall–Kier alpha value is -8.48. The minimum atomic E-state index is -0.562. The molecule has 2 saturated carbocycles. The molecule has 4 N–H and O–H groups in total. The summed E-state index contributed by atoms with van der Waals surface area (Å²) in [5, 5.41) is 11.1. The number of aromatic nitrogens is 12. The molecule has 0 radical (unpaired) electrons. The Labute approximate surface area is 410 Å². The van der Waals surface area contributed by atoms with Crippen LogP contribution in [0.4, 0.5) is 20.4 Å². The van der Waals surface area contributed by atoms with Crippen LogP contribution in [-0.2, 0) is 0 Å². The van der Waals surface area contributed by atoms with Crippen LogP contribution in [0.15, 0.2) is 113 Å². The first-order valence-corrected chi connectivity index (χ1v) is 24.1. The molecule has 2 aliphatic carbocycles. The van der Waals surface area contributed by atoms with Crippen molar-refractivity contribution in [3.05, 3.63) is 148 Å². The number of fused-ring (bicyclic) bond motifs is 4. The summed E-state index contributed by atoms with van der Waals surface area (Å²) in [6, 6.07) is 25.2. The number of halogens is 2.